The van der Waals surface area contributed by atoms with Crippen molar-refractivity contribution in [1.82, 2.24) is 0 Å². The monoisotopic (exact) mass is 211 g/mol. The largest absolute Gasteiger partial charge is 0.300 e. The first-order valence-corrected chi connectivity index (χ1v) is 4.43. The Hall–Kier alpha value is -1.78. The summed E-state index contributed by atoms with van der Waals surface area (Å²) < 4.78 is 12.8. The van der Waals surface area contributed by atoms with Crippen molar-refractivity contribution in [3.8, 4) is 0 Å². The fraction of sp³-hybridized carbons (Fsp3) is 0.300. The Kier molecular flexibility index (Phi) is 3.49. The molecule has 0 unspecified atom stereocenters. The Bertz CT molecular complexity index is 404. The van der Waals surface area contributed by atoms with E-state index in [0.717, 1.165) is 18.2 Å². The number of nitrogens with zero attached hydrogens (tertiary/aromatic N) is 1. The van der Waals surface area contributed by atoms with Crippen LogP contribution in [0.1, 0.15) is 18.9 Å². The molecule has 1 aromatic carbocycles. The average molecular weight is 211 g/mol. The number of hydrogen-bond acceptors (Lipinski definition) is 3. The van der Waals surface area contributed by atoms with Crippen molar-refractivity contribution in [1.29, 1.82) is 0 Å². The SMILES string of the molecule is CC(=O)CCc1cc(F)ccc1[N+](=O)[O-]. The van der Waals surface area contributed by atoms with Gasteiger partial charge in [0.05, 0.1) is 4.92 Å². The zero-order valence-electron chi connectivity index (χ0n) is 8.20. The van der Waals surface area contributed by atoms with Crippen LogP contribution in [0.5, 0.6) is 0 Å². The highest BCUT2D eigenvalue weighted by Crippen LogP contribution is 2.20. The van der Waals surface area contributed by atoms with Gasteiger partial charge < -0.3 is 4.79 Å². The molecule has 4 nitrogen and oxygen atoms in total. The van der Waals surface area contributed by atoms with Crippen LogP contribution in [0.2, 0.25) is 0 Å². The molecule has 0 bridgehead atoms. The molecule has 1 rings (SSSR count). The van der Waals surface area contributed by atoms with Gasteiger partial charge in [-0.05, 0) is 25.5 Å². The number of nitro groups is 1. The quantitative estimate of drug-likeness (QED) is 0.566. The molecule has 15 heavy (non-hydrogen) atoms. The van der Waals surface area contributed by atoms with Gasteiger partial charge in [0.15, 0.2) is 0 Å². The summed E-state index contributed by atoms with van der Waals surface area (Å²) in [7, 11) is 0. The van der Waals surface area contributed by atoms with E-state index in [-0.39, 0.29) is 29.9 Å². The van der Waals surface area contributed by atoms with Crippen LogP contribution in [-0.2, 0) is 11.2 Å². The Labute approximate surface area is 85.9 Å². The second-order valence-corrected chi connectivity index (χ2v) is 3.23. The number of hydrogen-bond donors (Lipinski definition) is 0. The molecule has 0 aromatic heterocycles. The lowest BCUT2D eigenvalue weighted by Crippen LogP contribution is -1.99. The van der Waals surface area contributed by atoms with Crippen molar-refractivity contribution in [2.45, 2.75) is 19.8 Å². The van der Waals surface area contributed by atoms with E-state index in [4.69, 9.17) is 0 Å². The minimum absolute atomic E-state index is 0.0754. The summed E-state index contributed by atoms with van der Waals surface area (Å²) in [4.78, 5) is 20.7. The molecule has 0 aliphatic carbocycles. The van der Waals surface area contributed by atoms with Crippen LogP contribution in [0.25, 0.3) is 0 Å². The molecule has 0 radical (unpaired) electrons. The molecule has 0 aliphatic heterocycles. The standard InChI is InChI=1S/C10H10FNO3/c1-7(13)2-3-8-6-9(11)4-5-10(8)12(14)15/h4-6H,2-3H2,1H3. The van der Waals surface area contributed by atoms with E-state index in [1.54, 1.807) is 0 Å². The first kappa shape index (κ1) is 11.3. The second kappa shape index (κ2) is 4.63. The highest BCUT2D eigenvalue weighted by atomic mass is 19.1. The van der Waals surface area contributed by atoms with E-state index in [9.17, 15) is 19.3 Å². The predicted octanol–water partition coefficient (Wildman–Crippen LogP) is 2.26. The van der Waals surface area contributed by atoms with Gasteiger partial charge in [0.2, 0.25) is 0 Å². The van der Waals surface area contributed by atoms with Crippen molar-refractivity contribution in [2.24, 2.45) is 0 Å². The molecule has 0 saturated carbocycles. The molecule has 0 amide bonds. The fourth-order valence-electron chi connectivity index (χ4n) is 1.24. The summed E-state index contributed by atoms with van der Waals surface area (Å²) in [6.07, 6.45) is 0.383. The third kappa shape index (κ3) is 3.12. The molecule has 1 aromatic rings. The number of carbonyl (C=O) groups excluding carboxylic acids is 1. The van der Waals surface area contributed by atoms with Gasteiger partial charge in [0.25, 0.3) is 5.69 Å². The van der Waals surface area contributed by atoms with Crippen LogP contribution < -0.4 is 0 Å². The molecule has 0 aliphatic rings. The van der Waals surface area contributed by atoms with Crippen molar-refractivity contribution < 1.29 is 14.1 Å². The molecule has 0 atom stereocenters. The summed E-state index contributed by atoms with van der Waals surface area (Å²) in [6, 6.07) is 3.25. The van der Waals surface area contributed by atoms with Crippen molar-refractivity contribution in [3.63, 3.8) is 0 Å². The maximum Gasteiger partial charge on any atom is 0.272 e. The van der Waals surface area contributed by atoms with E-state index in [1.165, 1.54) is 6.92 Å². The molecular formula is C10H10FNO3. The van der Waals surface area contributed by atoms with Crippen molar-refractivity contribution in [2.75, 3.05) is 0 Å². The van der Waals surface area contributed by atoms with E-state index >= 15 is 0 Å². The topological polar surface area (TPSA) is 60.2 Å². The predicted molar refractivity (Wildman–Crippen MR) is 52.1 cm³/mol. The first-order valence-electron chi connectivity index (χ1n) is 4.43. The average Bonchev–Trinajstić information content (AvgIpc) is 2.14. The molecule has 0 fully saturated rings. The maximum atomic E-state index is 12.8. The van der Waals surface area contributed by atoms with Gasteiger partial charge in [-0.3, -0.25) is 10.1 Å². The minimum Gasteiger partial charge on any atom is -0.300 e. The highest BCUT2D eigenvalue weighted by molar-refractivity contribution is 5.75. The fourth-order valence-corrected chi connectivity index (χ4v) is 1.24. The van der Waals surface area contributed by atoms with Gasteiger partial charge in [0.1, 0.15) is 11.6 Å². The Morgan fingerprint density at radius 3 is 2.73 bits per heavy atom. The highest BCUT2D eigenvalue weighted by Gasteiger charge is 2.14. The van der Waals surface area contributed by atoms with Crippen LogP contribution in [-0.4, -0.2) is 10.7 Å². The summed E-state index contributed by atoms with van der Waals surface area (Å²) in [5, 5.41) is 10.6. The van der Waals surface area contributed by atoms with Gasteiger partial charge in [-0.2, -0.15) is 0 Å². The number of Topliss-reactive ketones (excluding diaryl/α,β-unsaturated/α-hetero) is 1. The lowest BCUT2D eigenvalue weighted by Gasteiger charge is -2.01. The summed E-state index contributed by atoms with van der Waals surface area (Å²) in [5.74, 6) is -0.604. The Morgan fingerprint density at radius 2 is 2.20 bits per heavy atom. The van der Waals surface area contributed by atoms with Gasteiger partial charge in [-0.1, -0.05) is 0 Å². The number of halogens is 1. The molecular weight excluding hydrogens is 201 g/mol. The normalized spacial score (nSPS) is 10.0. The van der Waals surface area contributed by atoms with Crippen LogP contribution in [0.4, 0.5) is 10.1 Å². The third-order valence-corrected chi connectivity index (χ3v) is 1.98. The van der Waals surface area contributed by atoms with Gasteiger partial charge >= 0.3 is 0 Å². The van der Waals surface area contributed by atoms with E-state index in [2.05, 4.69) is 0 Å². The molecule has 5 heteroatoms. The van der Waals surface area contributed by atoms with Crippen LogP contribution in [0.3, 0.4) is 0 Å². The number of nitro benzene ring substituents is 1. The third-order valence-electron chi connectivity index (χ3n) is 1.98. The van der Waals surface area contributed by atoms with Crippen LogP contribution in [0, 0.1) is 15.9 Å². The van der Waals surface area contributed by atoms with Gasteiger partial charge in [-0.15, -0.1) is 0 Å². The summed E-state index contributed by atoms with van der Waals surface area (Å²) in [6.45, 7) is 1.39. The van der Waals surface area contributed by atoms with Gasteiger partial charge in [0, 0.05) is 18.1 Å². The number of aryl methyl sites for hydroxylation is 1. The molecule has 0 heterocycles. The maximum absolute atomic E-state index is 12.8. The first-order chi connectivity index (χ1) is 7.00. The number of ketones is 1. The van der Waals surface area contributed by atoms with Crippen LogP contribution in [0.15, 0.2) is 18.2 Å². The lowest BCUT2D eigenvalue weighted by atomic mass is 10.1. The molecule has 0 spiro atoms. The zero-order valence-corrected chi connectivity index (χ0v) is 8.20. The van der Waals surface area contributed by atoms with Crippen LogP contribution >= 0.6 is 0 Å². The van der Waals surface area contributed by atoms with E-state index in [0.29, 0.717) is 0 Å². The zero-order chi connectivity index (χ0) is 11.4. The number of carbonyl (C=O) groups is 1. The molecule has 0 saturated heterocycles. The van der Waals surface area contributed by atoms with Crippen molar-refractivity contribution >= 4 is 11.5 Å². The summed E-state index contributed by atoms with van der Waals surface area (Å²) in [5.41, 5.74) is 0.118. The summed E-state index contributed by atoms with van der Waals surface area (Å²) >= 11 is 0. The Balaban J connectivity index is 2.96. The Morgan fingerprint density at radius 1 is 1.53 bits per heavy atom. The van der Waals surface area contributed by atoms with Gasteiger partial charge in [-0.25, -0.2) is 4.39 Å². The molecule has 0 N–H and O–H groups in total. The van der Waals surface area contributed by atoms with E-state index in [1.807, 2.05) is 0 Å². The smallest absolute Gasteiger partial charge is 0.272 e. The molecule has 80 valence electrons. The van der Waals surface area contributed by atoms with Crippen molar-refractivity contribution in [3.05, 3.63) is 39.7 Å². The lowest BCUT2D eigenvalue weighted by molar-refractivity contribution is -0.385. The minimum atomic E-state index is -0.574. The number of benzene rings is 1. The van der Waals surface area contributed by atoms with E-state index < -0.39 is 10.7 Å². The second-order valence-electron chi connectivity index (χ2n) is 3.23. The number of rotatable bonds is 4.